The molecule has 0 aliphatic rings. The van der Waals surface area contributed by atoms with Crippen molar-refractivity contribution in [3.63, 3.8) is 0 Å². The highest BCUT2D eigenvalue weighted by Gasteiger charge is 2.23. The third-order valence-electron chi connectivity index (χ3n) is 1.96. The number of ether oxygens (including phenoxy) is 1. The molecule has 1 aromatic rings. The van der Waals surface area contributed by atoms with E-state index in [0.717, 1.165) is 11.3 Å². The molecule has 0 saturated carbocycles. The van der Waals surface area contributed by atoms with E-state index in [-0.39, 0.29) is 29.0 Å². The summed E-state index contributed by atoms with van der Waals surface area (Å²) >= 11 is 0.879. The monoisotopic (exact) mass is 293 g/mol. The van der Waals surface area contributed by atoms with Gasteiger partial charge in [0.25, 0.3) is 0 Å². The first-order valence-corrected chi connectivity index (χ1v) is 7.63. The molecule has 18 heavy (non-hydrogen) atoms. The summed E-state index contributed by atoms with van der Waals surface area (Å²) in [6.45, 7) is 4.03. The third kappa shape index (κ3) is 4.05. The Balaban J connectivity index is 2.69. The highest BCUT2D eigenvalue weighted by molar-refractivity contribution is 7.89. The van der Waals surface area contributed by atoms with Gasteiger partial charge in [-0.25, -0.2) is 17.9 Å². The predicted octanol–water partition coefficient (Wildman–Crippen LogP) is 1.15. The van der Waals surface area contributed by atoms with E-state index in [4.69, 9.17) is 9.84 Å². The Morgan fingerprint density at radius 2 is 2.22 bits per heavy atom. The van der Waals surface area contributed by atoms with E-state index in [1.807, 2.05) is 13.8 Å². The second-order valence-electron chi connectivity index (χ2n) is 3.74. The van der Waals surface area contributed by atoms with Gasteiger partial charge >= 0.3 is 5.97 Å². The summed E-state index contributed by atoms with van der Waals surface area (Å²) in [6, 6.07) is 1.28. The van der Waals surface area contributed by atoms with Gasteiger partial charge in [0.1, 0.15) is 9.77 Å². The number of hydrogen-bond acceptors (Lipinski definition) is 5. The molecule has 0 saturated heterocycles. The number of thiophene rings is 1. The maximum Gasteiger partial charge on any atom is 0.347 e. The molecule has 0 radical (unpaired) electrons. The van der Waals surface area contributed by atoms with Crippen molar-refractivity contribution in [1.29, 1.82) is 0 Å². The molecule has 0 fully saturated rings. The molecule has 0 aromatic carbocycles. The van der Waals surface area contributed by atoms with Crippen LogP contribution in [-0.2, 0) is 14.8 Å². The Morgan fingerprint density at radius 1 is 1.56 bits per heavy atom. The lowest BCUT2D eigenvalue weighted by Crippen LogP contribution is -2.28. The van der Waals surface area contributed by atoms with Crippen molar-refractivity contribution in [2.45, 2.75) is 24.8 Å². The number of aromatic carboxylic acids is 1. The van der Waals surface area contributed by atoms with Gasteiger partial charge in [0.2, 0.25) is 10.0 Å². The molecule has 1 aromatic heterocycles. The van der Waals surface area contributed by atoms with Gasteiger partial charge in [-0.05, 0) is 25.3 Å². The van der Waals surface area contributed by atoms with Crippen molar-refractivity contribution in [2.24, 2.45) is 0 Å². The van der Waals surface area contributed by atoms with E-state index in [1.54, 1.807) is 0 Å². The second-order valence-corrected chi connectivity index (χ2v) is 6.39. The lowest BCUT2D eigenvalue weighted by Gasteiger charge is -2.09. The van der Waals surface area contributed by atoms with Gasteiger partial charge in [-0.2, -0.15) is 0 Å². The Hall–Kier alpha value is -0.960. The first-order valence-electron chi connectivity index (χ1n) is 5.26. The number of nitrogens with one attached hydrogen (secondary N) is 1. The van der Waals surface area contributed by atoms with Crippen LogP contribution in [0.2, 0.25) is 0 Å². The van der Waals surface area contributed by atoms with Gasteiger partial charge in [-0.3, -0.25) is 0 Å². The smallest absolute Gasteiger partial charge is 0.347 e. The molecule has 0 spiro atoms. The number of rotatable bonds is 7. The van der Waals surface area contributed by atoms with Gasteiger partial charge < -0.3 is 9.84 Å². The summed E-state index contributed by atoms with van der Waals surface area (Å²) in [5, 5.41) is 10.3. The standard InChI is InChI=1S/C10H15NO5S2/c1-7(2)16-5-4-11-18(14,15)8-3-6-17-9(8)10(12)13/h3,6-7,11H,4-5H2,1-2H3,(H,12,13). The molecule has 0 bridgehead atoms. The van der Waals surface area contributed by atoms with Crippen LogP contribution in [0.1, 0.15) is 23.5 Å². The van der Waals surface area contributed by atoms with Crippen LogP contribution in [0.3, 0.4) is 0 Å². The fourth-order valence-corrected chi connectivity index (χ4v) is 3.48. The first-order chi connectivity index (χ1) is 8.34. The molecule has 102 valence electrons. The zero-order valence-electron chi connectivity index (χ0n) is 10.0. The van der Waals surface area contributed by atoms with E-state index in [1.165, 1.54) is 11.4 Å². The van der Waals surface area contributed by atoms with E-state index in [9.17, 15) is 13.2 Å². The second kappa shape index (κ2) is 6.28. The van der Waals surface area contributed by atoms with Crippen LogP contribution in [0.5, 0.6) is 0 Å². The minimum absolute atomic E-state index is 0.0187. The molecule has 2 N–H and O–H groups in total. The third-order valence-corrected chi connectivity index (χ3v) is 4.49. The molecule has 0 amide bonds. The zero-order chi connectivity index (χ0) is 13.8. The van der Waals surface area contributed by atoms with E-state index in [2.05, 4.69) is 4.72 Å². The molecule has 1 rings (SSSR count). The van der Waals surface area contributed by atoms with Crippen LogP contribution in [0.4, 0.5) is 0 Å². The van der Waals surface area contributed by atoms with Crippen LogP contribution >= 0.6 is 11.3 Å². The van der Waals surface area contributed by atoms with Crippen LogP contribution < -0.4 is 4.72 Å². The van der Waals surface area contributed by atoms with Crippen molar-refractivity contribution in [2.75, 3.05) is 13.2 Å². The molecule has 0 atom stereocenters. The predicted molar refractivity (Wildman–Crippen MR) is 67.6 cm³/mol. The summed E-state index contributed by atoms with van der Waals surface area (Å²) in [7, 11) is -3.79. The maximum absolute atomic E-state index is 11.8. The molecular formula is C10H15NO5S2. The summed E-state index contributed by atoms with van der Waals surface area (Å²) in [5.41, 5.74) is 0. The van der Waals surface area contributed by atoms with Crippen LogP contribution in [0, 0.1) is 0 Å². The number of carboxylic acid groups (broad SMARTS) is 1. The minimum atomic E-state index is -3.79. The average molecular weight is 293 g/mol. The summed E-state index contributed by atoms with van der Waals surface area (Å²) in [5.74, 6) is -1.25. The SMILES string of the molecule is CC(C)OCCNS(=O)(=O)c1ccsc1C(=O)O. The minimum Gasteiger partial charge on any atom is -0.477 e. The van der Waals surface area contributed by atoms with Crippen molar-refractivity contribution >= 4 is 27.3 Å². The van der Waals surface area contributed by atoms with Gasteiger partial charge in [0, 0.05) is 6.54 Å². The van der Waals surface area contributed by atoms with Gasteiger partial charge in [-0.1, -0.05) is 0 Å². The van der Waals surface area contributed by atoms with E-state index < -0.39 is 16.0 Å². The van der Waals surface area contributed by atoms with Crippen LogP contribution in [-0.4, -0.2) is 38.7 Å². The van der Waals surface area contributed by atoms with Crippen molar-refractivity contribution < 1.29 is 23.1 Å². The van der Waals surface area contributed by atoms with Crippen LogP contribution in [0.25, 0.3) is 0 Å². The molecule has 0 unspecified atom stereocenters. The fourth-order valence-electron chi connectivity index (χ4n) is 1.21. The molecule has 0 aliphatic heterocycles. The lowest BCUT2D eigenvalue weighted by molar-refractivity contribution is 0.0698. The largest absolute Gasteiger partial charge is 0.477 e. The highest BCUT2D eigenvalue weighted by Crippen LogP contribution is 2.21. The molecular weight excluding hydrogens is 278 g/mol. The zero-order valence-corrected chi connectivity index (χ0v) is 11.7. The molecule has 1 heterocycles. The lowest BCUT2D eigenvalue weighted by atomic mass is 10.5. The van der Waals surface area contributed by atoms with Gasteiger partial charge in [-0.15, -0.1) is 11.3 Å². The topological polar surface area (TPSA) is 92.7 Å². The van der Waals surface area contributed by atoms with Crippen molar-refractivity contribution in [3.8, 4) is 0 Å². The molecule has 8 heteroatoms. The van der Waals surface area contributed by atoms with Crippen molar-refractivity contribution in [3.05, 3.63) is 16.3 Å². The number of carboxylic acids is 1. The number of hydrogen-bond donors (Lipinski definition) is 2. The Kier molecular flexibility index (Phi) is 5.27. The van der Waals surface area contributed by atoms with Crippen molar-refractivity contribution in [1.82, 2.24) is 4.72 Å². The van der Waals surface area contributed by atoms with Crippen LogP contribution in [0.15, 0.2) is 16.3 Å². The Labute approximate surface area is 110 Å². The van der Waals surface area contributed by atoms with E-state index >= 15 is 0 Å². The average Bonchev–Trinajstić information content (AvgIpc) is 2.73. The Morgan fingerprint density at radius 3 is 2.78 bits per heavy atom. The normalized spacial score (nSPS) is 11.9. The Bertz CT molecular complexity index is 506. The first kappa shape index (κ1) is 15.1. The molecule has 0 aliphatic carbocycles. The van der Waals surface area contributed by atoms with Gasteiger partial charge in [0.15, 0.2) is 0 Å². The highest BCUT2D eigenvalue weighted by atomic mass is 32.2. The van der Waals surface area contributed by atoms with Gasteiger partial charge in [0.05, 0.1) is 12.7 Å². The quantitative estimate of drug-likeness (QED) is 0.736. The number of sulfonamides is 1. The molecule has 6 nitrogen and oxygen atoms in total. The summed E-state index contributed by atoms with van der Waals surface area (Å²) in [4.78, 5) is 10.5. The summed E-state index contributed by atoms with van der Waals surface area (Å²) in [6.07, 6.45) is 0.0187. The maximum atomic E-state index is 11.8. The number of carbonyl (C=O) groups is 1. The fraction of sp³-hybridized carbons (Fsp3) is 0.500. The van der Waals surface area contributed by atoms with E-state index in [0.29, 0.717) is 0 Å². The summed E-state index contributed by atoms with van der Waals surface area (Å²) < 4.78 is 31.2.